The van der Waals surface area contributed by atoms with Crippen LogP contribution >= 0.6 is 0 Å². The summed E-state index contributed by atoms with van der Waals surface area (Å²) in [7, 11) is 0. The number of benzene rings is 7. The van der Waals surface area contributed by atoms with Crippen molar-refractivity contribution < 1.29 is 0 Å². The summed E-state index contributed by atoms with van der Waals surface area (Å²) >= 11 is 0. The third-order valence-electron chi connectivity index (χ3n) is 10.6. The third-order valence-corrected chi connectivity index (χ3v) is 10.6. The van der Waals surface area contributed by atoms with Crippen LogP contribution in [-0.2, 0) is 0 Å². The molecule has 0 radical (unpaired) electrons. The molecule has 0 aliphatic carbocycles. The van der Waals surface area contributed by atoms with Gasteiger partial charge in [0.25, 0.3) is 0 Å². The summed E-state index contributed by atoms with van der Waals surface area (Å²) in [6, 6.07) is 65.1. The van der Waals surface area contributed by atoms with Crippen LogP contribution in [-0.4, -0.2) is 29.1 Å². The van der Waals surface area contributed by atoms with Gasteiger partial charge in [0.05, 0.1) is 33.5 Å². The molecule has 0 bridgehead atoms. The molecule has 11 rings (SSSR count). The highest BCUT2D eigenvalue weighted by Gasteiger charge is 2.19. The van der Waals surface area contributed by atoms with Crippen LogP contribution in [0.2, 0.25) is 0 Å². The molecule has 0 aliphatic heterocycles. The molecule has 7 aromatic carbocycles. The van der Waals surface area contributed by atoms with E-state index in [9.17, 15) is 0 Å². The van der Waals surface area contributed by atoms with E-state index in [1.807, 2.05) is 60.7 Å². The number of para-hydroxylation sites is 3. The Bertz CT molecular complexity index is 3160. The lowest BCUT2D eigenvalue weighted by Crippen LogP contribution is -2.01. The minimum absolute atomic E-state index is 0.554. The number of fused-ring (bicyclic) bond motifs is 6. The van der Waals surface area contributed by atoms with Gasteiger partial charge in [-0.3, -0.25) is 0 Å². The van der Waals surface area contributed by atoms with Crippen LogP contribution in [0.15, 0.2) is 194 Å². The summed E-state index contributed by atoms with van der Waals surface area (Å²) in [5.41, 5.74) is 11.8. The zero-order valence-electron chi connectivity index (χ0n) is 30.2. The molecule has 0 spiro atoms. The van der Waals surface area contributed by atoms with Gasteiger partial charge in [0.15, 0.2) is 11.6 Å². The van der Waals surface area contributed by atoms with Crippen LogP contribution in [0.3, 0.4) is 0 Å². The van der Waals surface area contributed by atoms with Gasteiger partial charge in [-0.15, -0.1) is 0 Å². The maximum absolute atomic E-state index is 5.23. The molecule has 0 saturated heterocycles. The van der Waals surface area contributed by atoms with Crippen molar-refractivity contribution in [1.29, 1.82) is 0 Å². The fourth-order valence-electron chi connectivity index (χ4n) is 7.96. The van der Waals surface area contributed by atoms with E-state index in [0.717, 1.165) is 61.4 Å². The van der Waals surface area contributed by atoms with E-state index in [1.165, 1.54) is 21.7 Å². The van der Waals surface area contributed by atoms with Gasteiger partial charge in [-0.25, -0.2) is 19.9 Å². The number of rotatable bonds is 6. The second-order valence-electron chi connectivity index (χ2n) is 13.9. The van der Waals surface area contributed by atoms with Crippen LogP contribution in [0.4, 0.5) is 0 Å². The average molecular weight is 717 g/mol. The lowest BCUT2D eigenvalue weighted by molar-refractivity contribution is 1.13. The van der Waals surface area contributed by atoms with Crippen molar-refractivity contribution in [2.75, 3.05) is 0 Å². The van der Waals surface area contributed by atoms with Gasteiger partial charge in [0.2, 0.25) is 0 Å². The van der Waals surface area contributed by atoms with Crippen LogP contribution in [0.25, 0.3) is 100 Å². The summed E-state index contributed by atoms with van der Waals surface area (Å²) < 4.78 is 4.64. The smallest absolute Gasteiger partial charge is 0.180 e. The highest BCUT2D eigenvalue weighted by atomic mass is 15.0. The fourth-order valence-corrected chi connectivity index (χ4v) is 7.96. The summed E-state index contributed by atoms with van der Waals surface area (Å²) in [4.78, 5) is 20.6. The second kappa shape index (κ2) is 13.0. The van der Waals surface area contributed by atoms with Crippen molar-refractivity contribution in [1.82, 2.24) is 29.1 Å². The standard InChI is InChI=1S/C50H32N6/c1-4-14-33(15-5-1)43-32-44(34-16-6-2-7-17-34)53-50(52-43)47-40-21-10-12-22-42(40)51-49(54-47)35-24-26-37(27-25-35)56-46-23-13-11-20-38(46)39-28-29-45-41(48(39)56)30-31-55(45)36-18-8-3-9-19-36/h1-32H. The Morgan fingerprint density at radius 1 is 0.357 bits per heavy atom. The van der Waals surface area contributed by atoms with E-state index in [1.54, 1.807) is 0 Å². The lowest BCUT2D eigenvalue weighted by atomic mass is 10.1. The van der Waals surface area contributed by atoms with Crippen LogP contribution in [0.1, 0.15) is 0 Å². The first-order chi connectivity index (χ1) is 27.8. The predicted octanol–water partition coefficient (Wildman–Crippen LogP) is 12.1. The average Bonchev–Trinajstić information content (AvgIpc) is 3.87. The SMILES string of the molecule is c1ccc(-c2cc(-c3ccccc3)nc(-c3nc(-c4ccc(-n5c6ccccc6c6ccc7c(ccn7-c7ccccc7)c65)cc4)nc4ccccc34)n2)cc1. The molecule has 0 unspecified atom stereocenters. The Balaban J connectivity index is 1.07. The van der Waals surface area contributed by atoms with Gasteiger partial charge in [-0.2, -0.15) is 0 Å². The number of aromatic nitrogens is 6. The van der Waals surface area contributed by atoms with E-state index in [-0.39, 0.29) is 0 Å². The van der Waals surface area contributed by atoms with Crippen molar-refractivity contribution in [2.24, 2.45) is 0 Å². The van der Waals surface area contributed by atoms with Gasteiger partial charge in [0.1, 0.15) is 5.69 Å². The minimum Gasteiger partial charge on any atom is -0.316 e. The van der Waals surface area contributed by atoms with Gasteiger partial charge in [0, 0.05) is 55.8 Å². The highest BCUT2D eigenvalue weighted by Crippen LogP contribution is 2.38. The Kier molecular flexibility index (Phi) is 7.38. The first kappa shape index (κ1) is 31.8. The topological polar surface area (TPSA) is 61.4 Å². The lowest BCUT2D eigenvalue weighted by Gasteiger charge is -2.13. The Morgan fingerprint density at radius 2 is 0.982 bits per heavy atom. The molecule has 0 atom stereocenters. The quantitative estimate of drug-likeness (QED) is 0.172. The number of nitrogens with zero attached hydrogens (tertiary/aromatic N) is 6. The van der Waals surface area contributed by atoms with Gasteiger partial charge in [-0.05, 0) is 66.7 Å². The van der Waals surface area contributed by atoms with E-state index in [0.29, 0.717) is 17.3 Å². The Hall–Kier alpha value is -7.70. The largest absolute Gasteiger partial charge is 0.316 e. The third kappa shape index (κ3) is 5.27. The van der Waals surface area contributed by atoms with Crippen molar-refractivity contribution in [3.8, 4) is 56.8 Å². The van der Waals surface area contributed by atoms with Crippen LogP contribution in [0, 0.1) is 0 Å². The van der Waals surface area contributed by atoms with Gasteiger partial charge < -0.3 is 9.13 Å². The maximum Gasteiger partial charge on any atom is 0.180 e. The zero-order chi connectivity index (χ0) is 37.0. The molecule has 0 N–H and O–H groups in total. The van der Waals surface area contributed by atoms with Crippen molar-refractivity contribution in [3.63, 3.8) is 0 Å². The molecular formula is C50H32N6. The molecule has 0 fully saturated rings. The molecule has 0 saturated carbocycles. The molecule has 262 valence electrons. The molecule has 0 amide bonds. The van der Waals surface area contributed by atoms with E-state index < -0.39 is 0 Å². The van der Waals surface area contributed by atoms with Crippen molar-refractivity contribution in [3.05, 3.63) is 194 Å². The van der Waals surface area contributed by atoms with Crippen molar-refractivity contribution >= 4 is 43.6 Å². The van der Waals surface area contributed by atoms with E-state index in [2.05, 4.69) is 143 Å². The predicted molar refractivity (Wildman–Crippen MR) is 228 cm³/mol. The molecule has 4 heterocycles. The summed E-state index contributed by atoms with van der Waals surface area (Å²) in [6.07, 6.45) is 2.17. The fraction of sp³-hybridized carbons (Fsp3) is 0. The Labute approximate surface area is 322 Å². The summed E-state index contributed by atoms with van der Waals surface area (Å²) in [6.45, 7) is 0. The summed E-state index contributed by atoms with van der Waals surface area (Å²) in [5.74, 6) is 1.17. The molecule has 11 aromatic rings. The monoisotopic (exact) mass is 716 g/mol. The van der Waals surface area contributed by atoms with Gasteiger partial charge in [-0.1, -0.05) is 121 Å². The minimum atomic E-state index is 0.554. The van der Waals surface area contributed by atoms with E-state index in [4.69, 9.17) is 19.9 Å². The normalized spacial score (nSPS) is 11.6. The zero-order valence-corrected chi connectivity index (χ0v) is 30.2. The molecule has 0 aliphatic rings. The molecule has 56 heavy (non-hydrogen) atoms. The first-order valence-corrected chi connectivity index (χ1v) is 18.7. The first-order valence-electron chi connectivity index (χ1n) is 18.7. The molecule has 6 heteroatoms. The maximum atomic E-state index is 5.23. The van der Waals surface area contributed by atoms with Crippen molar-refractivity contribution in [2.45, 2.75) is 0 Å². The number of hydrogen-bond acceptors (Lipinski definition) is 4. The second-order valence-corrected chi connectivity index (χ2v) is 13.9. The summed E-state index contributed by atoms with van der Waals surface area (Å²) in [5, 5.41) is 4.53. The van der Waals surface area contributed by atoms with E-state index >= 15 is 0 Å². The van der Waals surface area contributed by atoms with Gasteiger partial charge >= 0.3 is 0 Å². The van der Waals surface area contributed by atoms with Crippen LogP contribution < -0.4 is 0 Å². The highest BCUT2D eigenvalue weighted by molar-refractivity contribution is 6.18. The molecular weight excluding hydrogens is 685 g/mol. The number of hydrogen-bond donors (Lipinski definition) is 0. The Morgan fingerprint density at radius 3 is 1.70 bits per heavy atom. The molecule has 6 nitrogen and oxygen atoms in total. The van der Waals surface area contributed by atoms with Crippen LogP contribution in [0.5, 0.6) is 0 Å². The molecule has 4 aromatic heterocycles.